The minimum absolute atomic E-state index is 0.114. The highest BCUT2D eigenvalue weighted by Crippen LogP contribution is 2.23. The Kier molecular flexibility index (Phi) is 4.01. The fourth-order valence-electron chi connectivity index (χ4n) is 2.44. The Hall–Kier alpha value is -0.950. The van der Waals surface area contributed by atoms with Crippen molar-refractivity contribution >= 4 is 23.8 Å². The van der Waals surface area contributed by atoms with Gasteiger partial charge in [0.25, 0.3) is 0 Å². The van der Waals surface area contributed by atoms with Gasteiger partial charge in [0.05, 0.1) is 6.10 Å². The van der Waals surface area contributed by atoms with Crippen LogP contribution in [0.25, 0.3) is 0 Å². The Bertz CT molecular complexity index is 352. The van der Waals surface area contributed by atoms with Crippen molar-refractivity contribution in [2.75, 3.05) is 24.6 Å². The normalized spacial score (nSPS) is 32.7. The standard InChI is InChI=1S/C11H18N2O4S/c1-7-6-18-3-2-12(7)11(17)13-5-8(14)4-9(13)10(15)16/h7-9,14H,2-6H2,1H3,(H,15,16)/t7?,8-,9+/m1/s1. The van der Waals surface area contributed by atoms with Crippen molar-refractivity contribution in [2.45, 2.75) is 31.5 Å². The molecule has 2 amide bonds. The quantitative estimate of drug-likeness (QED) is 0.707. The largest absolute Gasteiger partial charge is 0.480 e. The average Bonchev–Trinajstić information content (AvgIpc) is 2.71. The summed E-state index contributed by atoms with van der Waals surface area (Å²) in [5, 5.41) is 18.6. The number of aliphatic carboxylic acids is 1. The Morgan fingerprint density at radius 2 is 2.06 bits per heavy atom. The zero-order valence-electron chi connectivity index (χ0n) is 10.3. The molecule has 0 spiro atoms. The van der Waals surface area contributed by atoms with Gasteiger partial charge in [-0.05, 0) is 6.92 Å². The van der Waals surface area contributed by atoms with Gasteiger partial charge in [-0.25, -0.2) is 9.59 Å². The van der Waals surface area contributed by atoms with E-state index in [1.807, 2.05) is 6.92 Å². The molecule has 3 atom stereocenters. The highest BCUT2D eigenvalue weighted by molar-refractivity contribution is 7.99. The third-order valence-electron chi connectivity index (χ3n) is 3.42. The Labute approximate surface area is 110 Å². The van der Waals surface area contributed by atoms with E-state index in [2.05, 4.69) is 0 Å². The van der Waals surface area contributed by atoms with Crippen LogP contribution < -0.4 is 0 Å². The lowest BCUT2D eigenvalue weighted by molar-refractivity contribution is -0.141. The summed E-state index contributed by atoms with van der Waals surface area (Å²) in [6, 6.07) is -1.04. The summed E-state index contributed by atoms with van der Waals surface area (Å²) >= 11 is 1.80. The van der Waals surface area contributed by atoms with Crippen LogP contribution in [0.2, 0.25) is 0 Å². The predicted octanol–water partition coefficient (Wildman–Crippen LogP) is 0.0635. The summed E-state index contributed by atoms with van der Waals surface area (Å²) in [6.07, 6.45) is -0.609. The molecular weight excluding hydrogens is 256 g/mol. The van der Waals surface area contributed by atoms with Gasteiger partial charge in [-0.2, -0.15) is 11.8 Å². The summed E-state index contributed by atoms with van der Waals surface area (Å²) in [5.74, 6) is 0.711. The maximum Gasteiger partial charge on any atom is 0.326 e. The number of thioether (sulfide) groups is 1. The summed E-state index contributed by atoms with van der Waals surface area (Å²) in [4.78, 5) is 26.4. The second-order valence-electron chi connectivity index (χ2n) is 4.80. The number of β-amino-alcohol motifs (C(OH)–C–C–N with tert-alkyl or cyclic N) is 1. The van der Waals surface area contributed by atoms with Crippen molar-refractivity contribution in [1.82, 2.24) is 9.80 Å². The Balaban J connectivity index is 2.09. The monoisotopic (exact) mass is 274 g/mol. The van der Waals surface area contributed by atoms with Crippen molar-refractivity contribution in [2.24, 2.45) is 0 Å². The fraction of sp³-hybridized carbons (Fsp3) is 0.818. The maximum atomic E-state index is 12.3. The number of nitrogens with zero attached hydrogens (tertiary/aromatic N) is 2. The van der Waals surface area contributed by atoms with Crippen LogP contribution in [0, 0.1) is 0 Å². The highest BCUT2D eigenvalue weighted by Gasteiger charge is 2.41. The number of hydrogen-bond acceptors (Lipinski definition) is 4. The van der Waals surface area contributed by atoms with Gasteiger partial charge in [-0.15, -0.1) is 0 Å². The molecule has 6 nitrogen and oxygen atoms in total. The molecule has 0 aromatic rings. The van der Waals surface area contributed by atoms with Crippen LogP contribution in [-0.2, 0) is 4.79 Å². The van der Waals surface area contributed by atoms with Gasteiger partial charge in [-0.1, -0.05) is 0 Å². The van der Waals surface area contributed by atoms with Gasteiger partial charge in [0, 0.05) is 37.1 Å². The Morgan fingerprint density at radius 3 is 2.67 bits per heavy atom. The van der Waals surface area contributed by atoms with E-state index in [4.69, 9.17) is 5.11 Å². The molecule has 0 bridgehead atoms. The van der Waals surface area contributed by atoms with Gasteiger partial charge in [0.1, 0.15) is 6.04 Å². The highest BCUT2D eigenvalue weighted by atomic mass is 32.2. The maximum absolute atomic E-state index is 12.3. The number of rotatable bonds is 1. The van der Waals surface area contributed by atoms with E-state index in [-0.39, 0.29) is 25.0 Å². The first-order valence-corrected chi connectivity index (χ1v) is 7.22. The van der Waals surface area contributed by atoms with Crippen LogP contribution in [0.1, 0.15) is 13.3 Å². The molecule has 18 heavy (non-hydrogen) atoms. The molecule has 7 heteroatoms. The average molecular weight is 274 g/mol. The third-order valence-corrected chi connectivity index (χ3v) is 4.61. The van der Waals surface area contributed by atoms with Gasteiger partial charge < -0.3 is 20.0 Å². The van der Waals surface area contributed by atoms with E-state index in [9.17, 15) is 14.7 Å². The van der Waals surface area contributed by atoms with Gasteiger partial charge in [0.15, 0.2) is 0 Å². The molecule has 0 aromatic heterocycles. The summed E-state index contributed by atoms with van der Waals surface area (Å²) < 4.78 is 0. The first-order chi connectivity index (χ1) is 8.50. The number of carboxylic acids is 1. The molecule has 102 valence electrons. The molecule has 2 rings (SSSR count). The van der Waals surface area contributed by atoms with E-state index in [0.29, 0.717) is 6.54 Å². The number of aliphatic hydroxyl groups is 1. The Morgan fingerprint density at radius 1 is 1.33 bits per heavy atom. The van der Waals surface area contributed by atoms with Crippen molar-refractivity contribution < 1.29 is 19.8 Å². The number of likely N-dealkylation sites (tertiary alicyclic amines) is 1. The molecule has 0 aliphatic carbocycles. The second-order valence-corrected chi connectivity index (χ2v) is 5.95. The third kappa shape index (κ3) is 2.56. The van der Waals surface area contributed by atoms with Crippen LogP contribution in [0.15, 0.2) is 0 Å². The molecule has 2 aliphatic heterocycles. The zero-order chi connectivity index (χ0) is 13.3. The summed E-state index contributed by atoms with van der Waals surface area (Å²) in [6.45, 7) is 2.72. The number of carbonyl (C=O) groups excluding carboxylic acids is 1. The number of amides is 2. The smallest absolute Gasteiger partial charge is 0.326 e. The number of urea groups is 1. The van der Waals surface area contributed by atoms with Crippen LogP contribution in [-0.4, -0.2) is 74.8 Å². The molecule has 0 aromatic carbocycles. The van der Waals surface area contributed by atoms with Crippen molar-refractivity contribution in [1.29, 1.82) is 0 Å². The minimum Gasteiger partial charge on any atom is -0.480 e. The first kappa shape index (κ1) is 13.5. The van der Waals surface area contributed by atoms with Crippen molar-refractivity contribution in [3.05, 3.63) is 0 Å². The molecule has 2 aliphatic rings. The van der Waals surface area contributed by atoms with E-state index in [1.165, 1.54) is 4.90 Å². The molecule has 1 unspecified atom stereocenters. The lowest BCUT2D eigenvalue weighted by atomic mass is 10.2. The SMILES string of the molecule is CC1CSCCN1C(=O)N1C[C@H](O)C[C@H]1C(=O)O. The van der Waals surface area contributed by atoms with Gasteiger partial charge in [-0.3, -0.25) is 0 Å². The lowest BCUT2D eigenvalue weighted by Crippen LogP contribution is -2.53. The molecule has 2 heterocycles. The number of carboxylic acid groups (broad SMARTS) is 1. The van der Waals surface area contributed by atoms with E-state index < -0.39 is 18.1 Å². The van der Waals surface area contributed by atoms with Crippen LogP contribution >= 0.6 is 11.8 Å². The number of carbonyl (C=O) groups is 2. The fourth-order valence-corrected chi connectivity index (χ4v) is 3.45. The lowest BCUT2D eigenvalue weighted by Gasteiger charge is -2.37. The summed E-state index contributed by atoms with van der Waals surface area (Å²) in [5.41, 5.74) is 0. The van der Waals surface area contributed by atoms with Crippen molar-refractivity contribution in [3.63, 3.8) is 0 Å². The molecule has 2 saturated heterocycles. The van der Waals surface area contributed by atoms with Crippen LogP contribution in [0.4, 0.5) is 4.79 Å². The first-order valence-electron chi connectivity index (χ1n) is 6.06. The summed E-state index contributed by atoms with van der Waals surface area (Å²) in [7, 11) is 0. The van der Waals surface area contributed by atoms with Gasteiger partial charge >= 0.3 is 12.0 Å². The van der Waals surface area contributed by atoms with Crippen LogP contribution in [0.5, 0.6) is 0 Å². The van der Waals surface area contributed by atoms with Crippen molar-refractivity contribution in [3.8, 4) is 0 Å². The molecule has 0 saturated carbocycles. The van der Waals surface area contributed by atoms with E-state index in [1.54, 1.807) is 16.7 Å². The van der Waals surface area contributed by atoms with E-state index >= 15 is 0 Å². The molecular formula is C11H18N2O4S. The molecule has 0 radical (unpaired) electrons. The zero-order valence-corrected chi connectivity index (χ0v) is 11.1. The van der Waals surface area contributed by atoms with Gasteiger partial charge in [0.2, 0.25) is 0 Å². The predicted molar refractivity (Wildman–Crippen MR) is 67.6 cm³/mol. The number of aliphatic hydroxyl groups excluding tert-OH is 1. The minimum atomic E-state index is -1.04. The van der Waals surface area contributed by atoms with E-state index in [0.717, 1.165) is 11.5 Å². The second kappa shape index (κ2) is 5.36. The molecule has 2 N–H and O–H groups in total. The molecule has 2 fully saturated rings. The number of hydrogen-bond donors (Lipinski definition) is 2. The topological polar surface area (TPSA) is 81.1 Å². The van der Waals surface area contributed by atoms with Crippen LogP contribution in [0.3, 0.4) is 0 Å².